The van der Waals surface area contributed by atoms with Crippen molar-refractivity contribution < 1.29 is 9.53 Å². The fourth-order valence-electron chi connectivity index (χ4n) is 2.17. The predicted octanol–water partition coefficient (Wildman–Crippen LogP) is 2.21. The van der Waals surface area contributed by atoms with Crippen LogP contribution in [-0.2, 0) is 6.42 Å². The zero-order valence-electron chi connectivity index (χ0n) is 10.9. The molecule has 1 aliphatic heterocycles. The zero-order chi connectivity index (χ0) is 13.8. The van der Waals surface area contributed by atoms with E-state index in [1.54, 1.807) is 18.3 Å². The SMILES string of the molecule is O=C(NCC1Cc2ccccc2O1)Nc1ccccn1. The number of benzene rings is 1. The van der Waals surface area contributed by atoms with E-state index in [4.69, 9.17) is 4.74 Å². The third-order valence-electron chi connectivity index (χ3n) is 3.11. The van der Waals surface area contributed by atoms with Crippen LogP contribution in [0.1, 0.15) is 5.56 Å². The van der Waals surface area contributed by atoms with Crippen LogP contribution < -0.4 is 15.4 Å². The zero-order valence-corrected chi connectivity index (χ0v) is 10.9. The molecule has 1 aliphatic rings. The Labute approximate surface area is 117 Å². The van der Waals surface area contributed by atoms with Crippen molar-refractivity contribution in [3.63, 3.8) is 0 Å². The summed E-state index contributed by atoms with van der Waals surface area (Å²) in [6.07, 6.45) is 2.44. The molecule has 102 valence electrons. The third kappa shape index (κ3) is 2.88. The smallest absolute Gasteiger partial charge is 0.320 e. The fraction of sp³-hybridized carbons (Fsp3) is 0.200. The highest BCUT2D eigenvalue weighted by Gasteiger charge is 2.22. The predicted molar refractivity (Wildman–Crippen MR) is 75.8 cm³/mol. The summed E-state index contributed by atoms with van der Waals surface area (Å²) in [4.78, 5) is 15.8. The average molecular weight is 269 g/mol. The molecule has 0 radical (unpaired) electrons. The lowest BCUT2D eigenvalue weighted by Gasteiger charge is -2.12. The van der Waals surface area contributed by atoms with Crippen LogP contribution in [0.3, 0.4) is 0 Å². The maximum atomic E-state index is 11.7. The number of urea groups is 1. The highest BCUT2D eigenvalue weighted by atomic mass is 16.5. The Morgan fingerprint density at radius 3 is 2.90 bits per heavy atom. The van der Waals surface area contributed by atoms with Crippen LogP contribution in [0.5, 0.6) is 5.75 Å². The second-order valence-electron chi connectivity index (χ2n) is 4.60. The van der Waals surface area contributed by atoms with Crippen molar-refractivity contribution in [2.75, 3.05) is 11.9 Å². The lowest BCUT2D eigenvalue weighted by atomic mass is 10.1. The molecule has 2 amide bonds. The van der Waals surface area contributed by atoms with Gasteiger partial charge in [0, 0.05) is 12.6 Å². The molecule has 1 aromatic carbocycles. The molecule has 5 nitrogen and oxygen atoms in total. The molecule has 0 saturated heterocycles. The quantitative estimate of drug-likeness (QED) is 0.898. The maximum absolute atomic E-state index is 11.7. The number of amides is 2. The van der Waals surface area contributed by atoms with Gasteiger partial charge in [0.25, 0.3) is 0 Å². The van der Waals surface area contributed by atoms with Gasteiger partial charge in [0.2, 0.25) is 0 Å². The lowest BCUT2D eigenvalue weighted by Crippen LogP contribution is -2.37. The van der Waals surface area contributed by atoms with Gasteiger partial charge in [-0.3, -0.25) is 5.32 Å². The molecule has 5 heteroatoms. The van der Waals surface area contributed by atoms with Crippen LogP contribution in [0.2, 0.25) is 0 Å². The van der Waals surface area contributed by atoms with Gasteiger partial charge in [-0.15, -0.1) is 0 Å². The number of carbonyl (C=O) groups excluding carboxylic acids is 1. The molecule has 20 heavy (non-hydrogen) atoms. The Balaban J connectivity index is 1.48. The number of carbonyl (C=O) groups is 1. The minimum atomic E-state index is -0.275. The molecule has 0 bridgehead atoms. The normalized spacial score (nSPS) is 16.1. The summed E-state index contributed by atoms with van der Waals surface area (Å²) < 4.78 is 5.75. The number of nitrogens with one attached hydrogen (secondary N) is 2. The van der Waals surface area contributed by atoms with E-state index in [0.29, 0.717) is 12.4 Å². The minimum Gasteiger partial charge on any atom is -0.488 e. The third-order valence-corrected chi connectivity index (χ3v) is 3.11. The van der Waals surface area contributed by atoms with Crippen LogP contribution in [0.4, 0.5) is 10.6 Å². The van der Waals surface area contributed by atoms with E-state index in [2.05, 4.69) is 15.6 Å². The number of para-hydroxylation sites is 1. The Morgan fingerprint density at radius 2 is 2.10 bits per heavy atom. The number of aromatic nitrogens is 1. The molecule has 0 fully saturated rings. The maximum Gasteiger partial charge on any atom is 0.320 e. The highest BCUT2D eigenvalue weighted by Crippen LogP contribution is 2.27. The lowest BCUT2D eigenvalue weighted by molar-refractivity contribution is 0.219. The number of ether oxygens (including phenoxy) is 1. The Kier molecular flexibility index (Phi) is 3.50. The largest absolute Gasteiger partial charge is 0.488 e. The molecule has 2 N–H and O–H groups in total. The number of pyridine rings is 1. The second-order valence-corrected chi connectivity index (χ2v) is 4.60. The van der Waals surface area contributed by atoms with Gasteiger partial charge in [-0.05, 0) is 23.8 Å². The summed E-state index contributed by atoms with van der Waals surface area (Å²) in [5.41, 5.74) is 1.18. The van der Waals surface area contributed by atoms with Gasteiger partial charge in [-0.1, -0.05) is 24.3 Å². The van der Waals surface area contributed by atoms with Crippen LogP contribution in [-0.4, -0.2) is 23.7 Å². The van der Waals surface area contributed by atoms with E-state index >= 15 is 0 Å². The van der Waals surface area contributed by atoms with E-state index in [1.807, 2.05) is 30.3 Å². The van der Waals surface area contributed by atoms with Gasteiger partial charge in [-0.25, -0.2) is 9.78 Å². The first-order chi connectivity index (χ1) is 9.81. The summed E-state index contributed by atoms with van der Waals surface area (Å²) in [6.45, 7) is 0.466. The number of hydrogen-bond acceptors (Lipinski definition) is 3. The summed E-state index contributed by atoms with van der Waals surface area (Å²) in [7, 11) is 0. The number of anilines is 1. The molecule has 2 aromatic rings. The topological polar surface area (TPSA) is 63.2 Å². The van der Waals surface area contributed by atoms with E-state index in [1.165, 1.54) is 5.56 Å². The molecule has 0 spiro atoms. The minimum absolute atomic E-state index is 0.0121. The summed E-state index contributed by atoms with van der Waals surface area (Å²) in [6, 6.07) is 13.0. The number of fused-ring (bicyclic) bond motifs is 1. The van der Waals surface area contributed by atoms with E-state index in [9.17, 15) is 4.79 Å². The van der Waals surface area contributed by atoms with Crippen molar-refractivity contribution in [3.05, 3.63) is 54.2 Å². The molecule has 2 heterocycles. The van der Waals surface area contributed by atoms with Crippen LogP contribution in [0.15, 0.2) is 48.7 Å². The van der Waals surface area contributed by atoms with Gasteiger partial charge < -0.3 is 10.1 Å². The Morgan fingerprint density at radius 1 is 1.25 bits per heavy atom. The monoisotopic (exact) mass is 269 g/mol. The number of hydrogen-bond donors (Lipinski definition) is 2. The first kappa shape index (κ1) is 12.5. The Hall–Kier alpha value is -2.56. The van der Waals surface area contributed by atoms with Crippen molar-refractivity contribution in [1.29, 1.82) is 0 Å². The summed E-state index contributed by atoms with van der Waals surface area (Å²) >= 11 is 0. The molecule has 3 rings (SSSR count). The van der Waals surface area contributed by atoms with Gasteiger partial charge in [-0.2, -0.15) is 0 Å². The van der Waals surface area contributed by atoms with Crippen LogP contribution >= 0.6 is 0 Å². The summed E-state index contributed by atoms with van der Waals surface area (Å²) in [5, 5.41) is 5.46. The van der Waals surface area contributed by atoms with Crippen molar-refractivity contribution in [3.8, 4) is 5.75 Å². The van der Waals surface area contributed by atoms with E-state index in [-0.39, 0.29) is 12.1 Å². The van der Waals surface area contributed by atoms with Crippen molar-refractivity contribution in [2.45, 2.75) is 12.5 Å². The number of rotatable bonds is 3. The first-order valence-electron chi connectivity index (χ1n) is 6.52. The van der Waals surface area contributed by atoms with Crippen LogP contribution in [0, 0.1) is 0 Å². The van der Waals surface area contributed by atoms with E-state index in [0.717, 1.165) is 12.2 Å². The molecule has 0 aliphatic carbocycles. The van der Waals surface area contributed by atoms with Gasteiger partial charge in [0.15, 0.2) is 0 Å². The van der Waals surface area contributed by atoms with Gasteiger partial charge in [0.05, 0.1) is 6.54 Å². The first-order valence-corrected chi connectivity index (χ1v) is 6.52. The second kappa shape index (κ2) is 5.61. The van der Waals surface area contributed by atoms with Crippen molar-refractivity contribution in [1.82, 2.24) is 10.3 Å². The van der Waals surface area contributed by atoms with Gasteiger partial charge in [0.1, 0.15) is 17.7 Å². The standard InChI is InChI=1S/C15H15N3O2/c19-15(18-14-7-3-4-8-16-14)17-10-12-9-11-5-1-2-6-13(11)20-12/h1-8,12H,9-10H2,(H2,16,17,18,19). The molecular weight excluding hydrogens is 254 g/mol. The average Bonchev–Trinajstić information content (AvgIpc) is 2.89. The summed E-state index contributed by atoms with van der Waals surface area (Å²) in [5.74, 6) is 1.44. The van der Waals surface area contributed by atoms with Crippen molar-refractivity contribution >= 4 is 11.8 Å². The van der Waals surface area contributed by atoms with Gasteiger partial charge >= 0.3 is 6.03 Å². The fourth-order valence-corrected chi connectivity index (χ4v) is 2.17. The highest BCUT2D eigenvalue weighted by molar-refractivity contribution is 5.88. The van der Waals surface area contributed by atoms with Crippen LogP contribution in [0.25, 0.3) is 0 Å². The molecular formula is C15H15N3O2. The number of nitrogens with zero attached hydrogens (tertiary/aromatic N) is 1. The van der Waals surface area contributed by atoms with E-state index < -0.39 is 0 Å². The Bertz CT molecular complexity index is 576. The molecule has 0 saturated carbocycles. The van der Waals surface area contributed by atoms with Crippen molar-refractivity contribution in [2.24, 2.45) is 0 Å². The molecule has 1 atom stereocenters. The molecule has 1 aromatic heterocycles. The molecule has 1 unspecified atom stereocenters.